The molecule has 0 bridgehead atoms. The highest BCUT2D eigenvalue weighted by Crippen LogP contribution is 2.10. The highest BCUT2D eigenvalue weighted by molar-refractivity contribution is 7.86. The smallest absolute Gasteiger partial charge is 0.243 e. The lowest BCUT2D eigenvalue weighted by molar-refractivity contribution is -0.443. The van der Waals surface area contributed by atoms with Gasteiger partial charge in [0.25, 0.3) is 0 Å². The van der Waals surface area contributed by atoms with Crippen LogP contribution in [0.5, 0.6) is 0 Å². The summed E-state index contributed by atoms with van der Waals surface area (Å²) in [5, 5.41) is 2.28. The highest BCUT2D eigenvalue weighted by Gasteiger charge is 2.38. The first-order valence-corrected chi connectivity index (χ1v) is 5.27. The number of carbonyl (C=O) groups is 1. The van der Waals surface area contributed by atoms with Crippen LogP contribution in [0.2, 0.25) is 0 Å². The van der Waals surface area contributed by atoms with Crippen LogP contribution in [-0.2, 0) is 14.9 Å². The third kappa shape index (κ3) is 2.79. The molecule has 0 saturated heterocycles. The first-order valence-electron chi connectivity index (χ1n) is 3.86. The Bertz CT molecular complexity index is 334. The fourth-order valence-electron chi connectivity index (χ4n) is 0.641. The molecule has 1 amide bonds. The third-order valence-corrected chi connectivity index (χ3v) is 3.53. The van der Waals surface area contributed by atoms with Gasteiger partial charge in [0, 0.05) is 6.92 Å². The molecule has 0 saturated carbocycles. The number of rotatable bonds is 4. The zero-order valence-electron chi connectivity index (χ0n) is 8.11. The third-order valence-electron chi connectivity index (χ3n) is 2.03. The molecule has 0 aliphatic heterocycles. The van der Waals surface area contributed by atoms with E-state index in [1.54, 1.807) is 0 Å². The van der Waals surface area contributed by atoms with Crippen molar-refractivity contribution in [3.05, 3.63) is 12.7 Å². The van der Waals surface area contributed by atoms with E-state index >= 15 is 0 Å². The number of hydrogen-bond acceptors (Lipinski definition) is 4. The number of amides is 1. The standard InChI is InChI=1S/C7H14N2O4S/c1-4-6(10)9-5(2)7(3,8)14(11,12)13/h4-5H,1,8H2,2-3H3,(H,9,10)(H,11,12,13). The van der Waals surface area contributed by atoms with Crippen LogP contribution in [0, 0.1) is 0 Å². The van der Waals surface area contributed by atoms with Gasteiger partial charge in [-0.25, -0.2) is 8.42 Å². The second kappa shape index (κ2) is 4.07. The fraction of sp³-hybridized carbons (Fsp3) is 0.571. The molecule has 0 aromatic carbocycles. The van der Waals surface area contributed by atoms with Gasteiger partial charge in [-0.2, -0.15) is 0 Å². The summed E-state index contributed by atoms with van der Waals surface area (Å²) in [4.78, 5) is 9.06. The van der Waals surface area contributed by atoms with Gasteiger partial charge in [-0.15, -0.1) is 0 Å². The predicted molar refractivity (Wildman–Crippen MR) is 48.8 cm³/mol. The van der Waals surface area contributed by atoms with Gasteiger partial charge in [0.15, 0.2) is 10.1 Å². The van der Waals surface area contributed by atoms with Crippen LogP contribution in [0.3, 0.4) is 0 Å². The molecule has 0 aromatic rings. The van der Waals surface area contributed by atoms with Crippen LogP contribution in [0.25, 0.3) is 0 Å². The van der Waals surface area contributed by atoms with E-state index in [-0.39, 0.29) is 0 Å². The van der Waals surface area contributed by atoms with E-state index in [0.717, 1.165) is 13.0 Å². The maximum atomic E-state index is 10.8. The summed E-state index contributed by atoms with van der Waals surface area (Å²) >= 11 is 0. The van der Waals surface area contributed by atoms with Crippen molar-refractivity contribution in [1.29, 1.82) is 0 Å². The monoisotopic (exact) mass is 222 g/mol. The molecule has 0 radical (unpaired) electrons. The van der Waals surface area contributed by atoms with Crippen molar-refractivity contribution in [2.24, 2.45) is 0 Å². The summed E-state index contributed by atoms with van der Waals surface area (Å²) in [6.45, 7) is 5.75. The fourth-order valence-corrected chi connectivity index (χ4v) is 1.13. The van der Waals surface area contributed by atoms with E-state index in [1.807, 2.05) is 0 Å². The Kier molecular flexibility index (Phi) is 3.81. The number of nitrogens with one attached hydrogen (secondary N) is 1. The van der Waals surface area contributed by atoms with Crippen LogP contribution < -0.4 is 11.1 Å². The SMILES string of the molecule is C=CC(=O)NC(C)C(C)([NH3+])S(=O)(=O)[O-]. The summed E-state index contributed by atoms with van der Waals surface area (Å²) in [6, 6.07) is -0.879. The Morgan fingerprint density at radius 2 is 2.14 bits per heavy atom. The molecule has 0 fully saturated rings. The highest BCUT2D eigenvalue weighted by atomic mass is 32.2. The molecule has 0 heterocycles. The average Bonchev–Trinajstić information content (AvgIpc) is 2.01. The van der Waals surface area contributed by atoms with Crippen LogP contribution in [0.15, 0.2) is 12.7 Å². The largest absolute Gasteiger partial charge is 0.743 e. The van der Waals surface area contributed by atoms with E-state index in [1.165, 1.54) is 6.92 Å². The second-order valence-electron chi connectivity index (χ2n) is 3.20. The Labute approximate surface area is 82.9 Å². The molecule has 2 unspecified atom stereocenters. The molecule has 0 aliphatic rings. The van der Waals surface area contributed by atoms with Gasteiger partial charge in [0.1, 0.15) is 0 Å². The normalized spacial score (nSPS) is 18.0. The number of hydrogen-bond donors (Lipinski definition) is 2. The maximum Gasteiger partial charge on any atom is 0.243 e. The van der Waals surface area contributed by atoms with Gasteiger partial charge >= 0.3 is 0 Å². The Morgan fingerprint density at radius 3 is 2.43 bits per heavy atom. The molecule has 2 atom stereocenters. The summed E-state index contributed by atoms with van der Waals surface area (Å²) < 4.78 is 32.3. The van der Waals surface area contributed by atoms with Crippen LogP contribution in [0.4, 0.5) is 0 Å². The molecule has 4 N–H and O–H groups in total. The van der Waals surface area contributed by atoms with Crippen molar-refractivity contribution in [3.8, 4) is 0 Å². The lowest BCUT2D eigenvalue weighted by Gasteiger charge is -2.30. The molecular weight excluding hydrogens is 208 g/mol. The minimum Gasteiger partial charge on any atom is -0.743 e. The van der Waals surface area contributed by atoms with Crippen molar-refractivity contribution < 1.29 is 23.5 Å². The summed E-state index contributed by atoms with van der Waals surface area (Å²) in [5.74, 6) is -0.545. The summed E-state index contributed by atoms with van der Waals surface area (Å²) in [7, 11) is -4.57. The van der Waals surface area contributed by atoms with E-state index in [4.69, 9.17) is 0 Å². The minimum atomic E-state index is -4.57. The van der Waals surface area contributed by atoms with Crippen LogP contribution >= 0.6 is 0 Å². The number of carbonyl (C=O) groups excluding carboxylic acids is 1. The zero-order valence-corrected chi connectivity index (χ0v) is 8.93. The molecule has 14 heavy (non-hydrogen) atoms. The molecule has 0 aliphatic carbocycles. The molecule has 0 aromatic heterocycles. The maximum absolute atomic E-state index is 10.8. The molecule has 6 nitrogen and oxygen atoms in total. The molecule has 0 rings (SSSR count). The Balaban J connectivity index is 4.77. The second-order valence-corrected chi connectivity index (χ2v) is 5.04. The van der Waals surface area contributed by atoms with E-state index < -0.39 is 26.9 Å². The van der Waals surface area contributed by atoms with Crippen LogP contribution in [-0.4, -0.2) is 29.8 Å². The van der Waals surface area contributed by atoms with Crippen molar-refractivity contribution in [2.45, 2.75) is 24.8 Å². The lowest BCUT2D eigenvalue weighted by Crippen LogP contribution is -2.81. The van der Waals surface area contributed by atoms with Gasteiger partial charge in [0.05, 0.1) is 6.04 Å². The molecule has 7 heteroatoms. The van der Waals surface area contributed by atoms with E-state index in [0.29, 0.717) is 0 Å². The predicted octanol–water partition coefficient (Wildman–Crippen LogP) is -1.82. The lowest BCUT2D eigenvalue weighted by atomic mass is 10.2. The quantitative estimate of drug-likeness (QED) is 0.430. The summed E-state index contributed by atoms with van der Waals surface area (Å²) in [6.07, 6.45) is 0.990. The van der Waals surface area contributed by atoms with Crippen molar-refractivity contribution >= 4 is 16.0 Å². The summed E-state index contributed by atoms with van der Waals surface area (Å²) in [5.41, 5.74) is 3.28. The van der Waals surface area contributed by atoms with Crippen molar-refractivity contribution in [1.82, 2.24) is 5.32 Å². The number of quaternary nitrogens is 1. The van der Waals surface area contributed by atoms with Gasteiger partial charge in [-0.05, 0) is 13.0 Å². The Hall–Kier alpha value is -0.920. The van der Waals surface area contributed by atoms with Gasteiger partial charge < -0.3 is 15.6 Å². The molecule has 82 valence electrons. The van der Waals surface area contributed by atoms with Crippen molar-refractivity contribution in [2.75, 3.05) is 0 Å². The molecule has 0 spiro atoms. The first-order chi connectivity index (χ1) is 6.13. The Morgan fingerprint density at radius 1 is 1.71 bits per heavy atom. The first kappa shape index (κ1) is 13.1. The topological polar surface area (TPSA) is 114 Å². The molecular formula is C7H14N2O4S. The van der Waals surface area contributed by atoms with E-state index in [9.17, 15) is 17.8 Å². The van der Waals surface area contributed by atoms with Gasteiger partial charge in [-0.3, -0.25) is 4.79 Å². The van der Waals surface area contributed by atoms with E-state index in [2.05, 4.69) is 17.6 Å². The average molecular weight is 222 g/mol. The zero-order chi connectivity index (χ0) is 11.6. The van der Waals surface area contributed by atoms with Crippen LogP contribution in [0.1, 0.15) is 13.8 Å². The minimum absolute atomic E-state index is 0.545. The van der Waals surface area contributed by atoms with Crippen molar-refractivity contribution in [3.63, 3.8) is 0 Å². The van der Waals surface area contributed by atoms with Gasteiger partial charge in [-0.1, -0.05) is 6.58 Å². The van der Waals surface area contributed by atoms with Gasteiger partial charge in [0.2, 0.25) is 10.8 Å².